The van der Waals surface area contributed by atoms with Crippen LogP contribution in [0.5, 0.6) is 0 Å². The van der Waals surface area contributed by atoms with Crippen molar-refractivity contribution < 1.29 is 4.92 Å². The maximum atomic E-state index is 10.8. The summed E-state index contributed by atoms with van der Waals surface area (Å²) in [4.78, 5) is 12.8. The third kappa shape index (κ3) is 3.32. The molecule has 5 heteroatoms. The minimum atomic E-state index is -0.361. The zero-order valence-corrected chi connectivity index (χ0v) is 12.3. The van der Waals surface area contributed by atoms with Gasteiger partial charge in [-0.05, 0) is 36.2 Å². The highest BCUT2D eigenvalue weighted by molar-refractivity contribution is 5.34. The number of benzene rings is 2. The van der Waals surface area contributed by atoms with Crippen molar-refractivity contribution in [3.05, 3.63) is 75.8 Å². The highest BCUT2D eigenvalue weighted by atomic mass is 16.6. The molecule has 1 saturated heterocycles. The standard InChI is InChI=1S/C17H19N3O2/c21-20(22)16-9-7-15(8-10-16)17-18-11-4-12-19(17)13-14-5-2-1-3-6-14/h1-3,5-10,17-18H,4,11-13H2/t17-/m0/s1. The van der Waals surface area contributed by atoms with E-state index in [1.807, 2.05) is 30.3 Å². The molecule has 22 heavy (non-hydrogen) atoms. The number of hydrogen-bond donors (Lipinski definition) is 1. The first-order valence-corrected chi connectivity index (χ1v) is 7.50. The number of nitrogens with zero attached hydrogens (tertiary/aromatic N) is 2. The van der Waals surface area contributed by atoms with Gasteiger partial charge in [-0.3, -0.25) is 20.3 Å². The van der Waals surface area contributed by atoms with Crippen LogP contribution in [0.25, 0.3) is 0 Å². The summed E-state index contributed by atoms with van der Waals surface area (Å²) in [7, 11) is 0. The van der Waals surface area contributed by atoms with E-state index in [0.29, 0.717) is 0 Å². The van der Waals surface area contributed by atoms with Crippen LogP contribution in [0.1, 0.15) is 23.7 Å². The normalized spacial score (nSPS) is 19.0. The number of hydrogen-bond acceptors (Lipinski definition) is 4. The summed E-state index contributed by atoms with van der Waals surface area (Å²) in [6, 6.07) is 17.2. The molecule has 2 aromatic carbocycles. The molecule has 1 N–H and O–H groups in total. The van der Waals surface area contributed by atoms with Crippen LogP contribution in [-0.4, -0.2) is 22.9 Å². The Morgan fingerprint density at radius 2 is 1.86 bits per heavy atom. The fraction of sp³-hybridized carbons (Fsp3) is 0.294. The van der Waals surface area contributed by atoms with Crippen molar-refractivity contribution >= 4 is 5.69 Å². The molecule has 0 spiro atoms. The van der Waals surface area contributed by atoms with Crippen molar-refractivity contribution in [1.29, 1.82) is 0 Å². The van der Waals surface area contributed by atoms with Crippen molar-refractivity contribution in [2.24, 2.45) is 0 Å². The lowest BCUT2D eigenvalue weighted by atomic mass is 10.1. The average molecular weight is 297 g/mol. The highest BCUT2D eigenvalue weighted by Crippen LogP contribution is 2.25. The lowest BCUT2D eigenvalue weighted by molar-refractivity contribution is -0.384. The van der Waals surface area contributed by atoms with E-state index >= 15 is 0 Å². The monoisotopic (exact) mass is 297 g/mol. The molecule has 1 aliphatic rings. The molecular formula is C17H19N3O2. The van der Waals surface area contributed by atoms with Crippen molar-refractivity contribution in [2.75, 3.05) is 13.1 Å². The minimum Gasteiger partial charge on any atom is -0.298 e. The Bertz CT molecular complexity index is 628. The van der Waals surface area contributed by atoms with Crippen LogP contribution in [0.3, 0.4) is 0 Å². The van der Waals surface area contributed by atoms with Gasteiger partial charge in [0.15, 0.2) is 0 Å². The Morgan fingerprint density at radius 1 is 1.14 bits per heavy atom. The molecule has 0 aliphatic carbocycles. The van der Waals surface area contributed by atoms with E-state index in [1.165, 1.54) is 5.56 Å². The second kappa shape index (κ2) is 6.68. The molecule has 2 aromatic rings. The summed E-state index contributed by atoms with van der Waals surface area (Å²) in [5, 5.41) is 14.3. The quantitative estimate of drug-likeness (QED) is 0.696. The van der Waals surface area contributed by atoms with Crippen LogP contribution >= 0.6 is 0 Å². The molecule has 1 heterocycles. The number of rotatable bonds is 4. The summed E-state index contributed by atoms with van der Waals surface area (Å²) >= 11 is 0. The van der Waals surface area contributed by atoms with E-state index in [1.54, 1.807) is 12.1 Å². The summed E-state index contributed by atoms with van der Waals surface area (Å²) < 4.78 is 0. The molecule has 0 unspecified atom stereocenters. The average Bonchev–Trinajstić information content (AvgIpc) is 2.56. The number of nitro benzene ring substituents is 1. The molecule has 0 amide bonds. The highest BCUT2D eigenvalue weighted by Gasteiger charge is 2.23. The van der Waals surface area contributed by atoms with Gasteiger partial charge in [0.2, 0.25) is 0 Å². The summed E-state index contributed by atoms with van der Waals surface area (Å²) in [6.45, 7) is 2.85. The Hall–Kier alpha value is -2.24. The first-order valence-electron chi connectivity index (χ1n) is 7.50. The largest absolute Gasteiger partial charge is 0.298 e. The van der Waals surface area contributed by atoms with Crippen molar-refractivity contribution in [2.45, 2.75) is 19.1 Å². The van der Waals surface area contributed by atoms with Gasteiger partial charge in [-0.15, -0.1) is 0 Å². The van der Waals surface area contributed by atoms with Gasteiger partial charge < -0.3 is 0 Å². The second-order valence-electron chi connectivity index (χ2n) is 5.51. The first kappa shape index (κ1) is 14.7. The van der Waals surface area contributed by atoms with Crippen LogP contribution < -0.4 is 5.32 Å². The van der Waals surface area contributed by atoms with Crippen LogP contribution in [0, 0.1) is 10.1 Å². The molecule has 0 saturated carbocycles. The van der Waals surface area contributed by atoms with Crippen LogP contribution in [0.2, 0.25) is 0 Å². The van der Waals surface area contributed by atoms with E-state index in [0.717, 1.165) is 31.6 Å². The van der Waals surface area contributed by atoms with E-state index in [2.05, 4.69) is 22.3 Å². The SMILES string of the molecule is O=[N+]([O-])c1ccc([C@H]2NCCCN2Cc2ccccc2)cc1. The molecule has 0 aromatic heterocycles. The Balaban J connectivity index is 1.78. The number of non-ortho nitro benzene ring substituents is 1. The molecule has 0 radical (unpaired) electrons. The van der Waals surface area contributed by atoms with Gasteiger partial charge in [-0.25, -0.2) is 0 Å². The zero-order valence-electron chi connectivity index (χ0n) is 12.3. The Kier molecular flexibility index (Phi) is 4.46. The van der Waals surface area contributed by atoms with Crippen LogP contribution in [0.4, 0.5) is 5.69 Å². The Labute approximate surface area is 129 Å². The molecule has 5 nitrogen and oxygen atoms in total. The third-order valence-electron chi connectivity index (χ3n) is 3.97. The third-order valence-corrected chi connectivity index (χ3v) is 3.97. The first-order chi connectivity index (χ1) is 10.7. The zero-order chi connectivity index (χ0) is 15.4. The van der Waals surface area contributed by atoms with Gasteiger partial charge in [0.05, 0.1) is 11.1 Å². The lowest BCUT2D eigenvalue weighted by Crippen LogP contribution is -2.44. The van der Waals surface area contributed by atoms with Crippen molar-refractivity contribution in [3.63, 3.8) is 0 Å². The smallest absolute Gasteiger partial charge is 0.269 e. The molecule has 1 fully saturated rings. The number of nitrogens with one attached hydrogen (secondary N) is 1. The Morgan fingerprint density at radius 3 is 2.55 bits per heavy atom. The van der Waals surface area contributed by atoms with Gasteiger partial charge in [0.1, 0.15) is 0 Å². The van der Waals surface area contributed by atoms with Crippen molar-refractivity contribution in [1.82, 2.24) is 10.2 Å². The minimum absolute atomic E-state index is 0.106. The molecule has 1 atom stereocenters. The summed E-state index contributed by atoms with van der Waals surface area (Å²) in [6.07, 6.45) is 1.21. The van der Waals surface area contributed by atoms with E-state index in [-0.39, 0.29) is 16.8 Å². The maximum absolute atomic E-state index is 10.8. The van der Waals surface area contributed by atoms with E-state index in [9.17, 15) is 10.1 Å². The molecule has 0 bridgehead atoms. The summed E-state index contributed by atoms with van der Waals surface area (Å²) in [5.41, 5.74) is 2.48. The topological polar surface area (TPSA) is 58.4 Å². The number of nitro groups is 1. The fourth-order valence-corrected chi connectivity index (χ4v) is 2.87. The predicted molar refractivity (Wildman–Crippen MR) is 85.3 cm³/mol. The van der Waals surface area contributed by atoms with Crippen LogP contribution in [-0.2, 0) is 6.54 Å². The van der Waals surface area contributed by atoms with Gasteiger partial charge in [0, 0.05) is 25.2 Å². The van der Waals surface area contributed by atoms with Gasteiger partial charge in [0.25, 0.3) is 5.69 Å². The fourth-order valence-electron chi connectivity index (χ4n) is 2.87. The van der Waals surface area contributed by atoms with E-state index in [4.69, 9.17) is 0 Å². The predicted octanol–water partition coefficient (Wildman–Crippen LogP) is 3.09. The second-order valence-corrected chi connectivity index (χ2v) is 5.51. The lowest BCUT2D eigenvalue weighted by Gasteiger charge is -2.36. The molecular weight excluding hydrogens is 278 g/mol. The van der Waals surface area contributed by atoms with Gasteiger partial charge in [-0.2, -0.15) is 0 Å². The van der Waals surface area contributed by atoms with Gasteiger partial charge in [-0.1, -0.05) is 30.3 Å². The maximum Gasteiger partial charge on any atom is 0.269 e. The molecule has 114 valence electrons. The molecule has 1 aliphatic heterocycles. The van der Waals surface area contributed by atoms with Crippen molar-refractivity contribution in [3.8, 4) is 0 Å². The molecule has 3 rings (SSSR count). The summed E-state index contributed by atoms with van der Waals surface area (Å²) in [5.74, 6) is 0. The van der Waals surface area contributed by atoms with Gasteiger partial charge >= 0.3 is 0 Å². The van der Waals surface area contributed by atoms with E-state index < -0.39 is 0 Å². The van der Waals surface area contributed by atoms with Crippen LogP contribution in [0.15, 0.2) is 54.6 Å².